The number of unbranched alkanes of at least 4 members (excludes halogenated alkanes) is 1. The summed E-state index contributed by atoms with van der Waals surface area (Å²) in [5.74, 6) is -2.28. The lowest BCUT2D eigenvalue weighted by Crippen LogP contribution is -2.35. The van der Waals surface area contributed by atoms with Crippen molar-refractivity contribution in [1.29, 1.82) is 0 Å². The maximum atomic E-state index is 12.9. The Kier molecular flexibility index (Phi) is 6.21. The molecule has 0 bridgehead atoms. The van der Waals surface area contributed by atoms with Crippen LogP contribution < -0.4 is 10.6 Å². The van der Waals surface area contributed by atoms with Gasteiger partial charge in [-0.05, 0) is 46.5 Å². The highest BCUT2D eigenvalue weighted by Crippen LogP contribution is 2.41. The van der Waals surface area contributed by atoms with E-state index in [4.69, 9.17) is 10.8 Å². The molecular formula is C18H23BrN2O4. The minimum atomic E-state index is -0.968. The number of primary amides is 1. The lowest BCUT2D eigenvalue weighted by Gasteiger charge is -2.28. The number of carboxylic acid groups (broad SMARTS) is 1. The monoisotopic (exact) mass is 410 g/mol. The summed E-state index contributed by atoms with van der Waals surface area (Å²) in [5.41, 5.74) is 6.30. The molecule has 3 N–H and O–H groups in total. The second-order valence-electron chi connectivity index (χ2n) is 6.51. The van der Waals surface area contributed by atoms with E-state index in [9.17, 15) is 14.4 Å². The number of aliphatic carboxylic acids is 1. The first-order valence-corrected chi connectivity index (χ1v) is 9.21. The zero-order valence-corrected chi connectivity index (χ0v) is 16.0. The molecule has 1 aliphatic heterocycles. The third kappa shape index (κ3) is 4.03. The molecule has 1 heterocycles. The first kappa shape index (κ1) is 19.4. The van der Waals surface area contributed by atoms with Gasteiger partial charge < -0.3 is 15.7 Å². The van der Waals surface area contributed by atoms with Gasteiger partial charge in [0.1, 0.15) is 0 Å². The fourth-order valence-corrected chi connectivity index (χ4v) is 4.06. The number of rotatable bonds is 7. The summed E-state index contributed by atoms with van der Waals surface area (Å²) in [4.78, 5) is 37.1. The molecule has 0 aliphatic carbocycles. The van der Waals surface area contributed by atoms with Crippen LogP contribution in [0.15, 0.2) is 22.7 Å². The molecule has 6 nitrogen and oxygen atoms in total. The fourth-order valence-electron chi connectivity index (χ4n) is 3.49. The second kappa shape index (κ2) is 7.99. The number of benzene rings is 1. The molecule has 2 amide bonds. The highest BCUT2D eigenvalue weighted by Gasteiger charge is 2.46. The second-order valence-corrected chi connectivity index (χ2v) is 7.37. The number of hydrogen-bond donors (Lipinski definition) is 2. The van der Waals surface area contributed by atoms with Gasteiger partial charge in [0.15, 0.2) is 0 Å². The largest absolute Gasteiger partial charge is 0.481 e. The van der Waals surface area contributed by atoms with Gasteiger partial charge in [-0.1, -0.05) is 26.7 Å². The van der Waals surface area contributed by atoms with Crippen LogP contribution in [-0.2, 0) is 9.59 Å². The molecule has 1 aromatic rings. The van der Waals surface area contributed by atoms with Gasteiger partial charge in [0.05, 0.1) is 18.0 Å². The lowest BCUT2D eigenvalue weighted by atomic mass is 9.87. The van der Waals surface area contributed by atoms with Crippen LogP contribution in [0.1, 0.15) is 49.9 Å². The van der Waals surface area contributed by atoms with Crippen molar-refractivity contribution in [3.05, 3.63) is 28.2 Å². The van der Waals surface area contributed by atoms with Crippen molar-refractivity contribution in [1.82, 2.24) is 0 Å². The molecule has 1 aliphatic rings. The number of carbonyl (C=O) groups excluding carboxylic acids is 2. The zero-order chi connectivity index (χ0) is 18.7. The third-order valence-corrected chi connectivity index (χ3v) is 5.50. The topological polar surface area (TPSA) is 101 Å². The number of anilines is 1. The smallest absolute Gasteiger partial charge is 0.304 e. The van der Waals surface area contributed by atoms with Crippen LogP contribution in [0.5, 0.6) is 0 Å². The molecule has 136 valence electrons. The number of amides is 2. The SMILES string of the molecule is CCCCC1C(C)C(CC(=O)O)C(=O)N1c1ccc(C(N)=O)cc1Br. The van der Waals surface area contributed by atoms with Gasteiger partial charge in [-0.25, -0.2) is 0 Å². The van der Waals surface area contributed by atoms with E-state index in [2.05, 4.69) is 22.9 Å². The summed E-state index contributed by atoms with van der Waals surface area (Å²) in [7, 11) is 0. The van der Waals surface area contributed by atoms with Crippen LogP contribution in [0.25, 0.3) is 0 Å². The molecule has 1 fully saturated rings. The van der Waals surface area contributed by atoms with Crippen LogP contribution >= 0.6 is 15.9 Å². The summed E-state index contributed by atoms with van der Waals surface area (Å²) >= 11 is 3.42. The molecule has 2 rings (SSSR count). The van der Waals surface area contributed by atoms with Crippen molar-refractivity contribution in [3.8, 4) is 0 Å². The quantitative estimate of drug-likeness (QED) is 0.720. The van der Waals surface area contributed by atoms with Crippen LogP contribution in [-0.4, -0.2) is 28.9 Å². The van der Waals surface area contributed by atoms with Gasteiger partial charge in [0.25, 0.3) is 0 Å². The Hall–Kier alpha value is -1.89. The van der Waals surface area contributed by atoms with Gasteiger partial charge >= 0.3 is 5.97 Å². The van der Waals surface area contributed by atoms with Gasteiger partial charge in [-0.3, -0.25) is 14.4 Å². The molecule has 1 saturated heterocycles. The predicted octanol–water partition coefficient (Wildman–Crippen LogP) is 3.18. The Morgan fingerprint density at radius 1 is 1.36 bits per heavy atom. The van der Waals surface area contributed by atoms with Gasteiger partial charge in [-0.2, -0.15) is 0 Å². The van der Waals surface area contributed by atoms with Gasteiger partial charge in [0, 0.05) is 16.1 Å². The van der Waals surface area contributed by atoms with Crippen molar-refractivity contribution in [2.75, 3.05) is 4.90 Å². The molecule has 0 saturated carbocycles. The minimum absolute atomic E-state index is 0.0575. The molecule has 3 unspecified atom stereocenters. The number of nitrogens with zero attached hydrogens (tertiary/aromatic N) is 1. The molecule has 7 heteroatoms. The highest BCUT2D eigenvalue weighted by atomic mass is 79.9. The maximum absolute atomic E-state index is 12.9. The third-order valence-electron chi connectivity index (χ3n) is 4.87. The fraction of sp³-hybridized carbons (Fsp3) is 0.500. The average Bonchev–Trinajstić information content (AvgIpc) is 2.76. The molecule has 1 aromatic carbocycles. The summed E-state index contributed by atoms with van der Waals surface area (Å²) in [5, 5.41) is 9.15. The van der Waals surface area contributed by atoms with E-state index in [1.807, 2.05) is 6.92 Å². The number of halogens is 1. The Balaban J connectivity index is 2.42. The lowest BCUT2D eigenvalue weighted by molar-refractivity contribution is -0.140. The Morgan fingerprint density at radius 2 is 2.04 bits per heavy atom. The average molecular weight is 411 g/mol. The van der Waals surface area contributed by atoms with Crippen LogP contribution in [0.2, 0.25) is 0 Å². The van der Waals surface area contributed by atoms with E-state index >= 15 is 0 Å². The van der Waals surface area contributed by atoms with E-state index in [0.717, 1.165) is 19.3 Å². The summed E-state index contributed by atoms with van der Waals surface area (Å²) in [6.45, 7) is 4.02. The first-order valence-electron chi connectivity index (χ1n) is 8.42. The number of nitrogens with two attached hydrogens (primary N) is 1. The van der Waals surface area contributed by atoms with Crippen molar-refractivity contribution < 1.29 is 19.5 Å². The summed E-state index contributed by atoms with van der Waals surface area (Å²) in [6, 6.07) is 4.81. The molecule has 3 atom stereocenters. The van der Waals surface area contributed by atoms with Crippen molar-refractivity contribution in [2.45, 2.75) is 45.6 Å². The van der Waals surface area contributed by atoms with Gasteiger partial charge in [0.2, 0.25) is 11.8 Å². The van der Waals surface area contributed by atoms with E-state index in [-0.39, 0.29) is 24.3 Å². The Bertz CT molecular complexity index is 692. The summed E-state index contributed by atoms with van der Waals surface area (Å²) < 4.78 is 0.599. The molecule has 0 spiro atoms. The highest BCUT2D eigenvalue weighted by molar-refractivity contribution is 9.10. The van der Waals surface area contributed by atoms with E-state index < -0.39 is 17.8 Å². The van der Waals surface area contributed by atoms with Crippen molar-refractivity contribution >= 4 is 39.4 Å². The molecule has 0 aromatic heterocycles. The van der Waals surface area contributed by atoms with Crippen LogP contribution in [0, 0.1) is 11.8 Å². The van der Waals surface area contributed by atoms with Crippen LogP contribution in [0.4, 0.5) is 5.69 Å². The van der Waals surface area contributed by atoms with E-state index in [1.54, 1.807) is 23.1 Å². The number of carboxylic acids is 1. The summed E-state index contributed by atoms with van der Waals surface area (Å²) in [6.07, 6.45) is 2.59. The van der Waals surface area contributed by atoms with Crippen LogP contribution in [0.3, 0.4) is 0 Å². The van der Waals surface area contributed by atoms with E-state index in [0.29, 0.717) is 15.7 Å². The van der Waals surface area contributed by atoms with Crippen molar-refractivity contribution in [2.24, 2.45) is 17.6 Å². The van der Waals surface area contributed by atoms with E-state index in [1.165, 1.54) is 0 Å². The number of carbonyl (C=O) groups is 3. The first-order chi connectivity index (χ1) is 11.8. The van der Waals surface area contributed by atoms with Crippen molar-refractivity contribution in [3.63, 3.8) is 0 Å². The Morgan fingerprint density at radius 3 is 2.56 bits per heavy atom. The Labute approximate surface area is 155 Å². The molecule has 25 heavy (non-hydrogen) atoms. The standard InChI is InChI=1S/C18H23BrN2O4/c1-3-4-5-14-10(2)12(9-16(22)23)18(25)21(14)15-7-6-11(17(20)24)8-13(15)19/h6-8,10,12,14H,3-5,9H2,1-2H3,(H2,20,24)(H,22,23). The number of hydrogen-bond acceptors (Lipinski definition) is 3. The normalized spacial score (nSPS) is 23.1. The maximum Gasteiger partial charge on any atom is 0.304 e. The predicted molar refractivity (Wildman–Crippen MR) is 98.4 cm³/mol. The molecular weight excluding hydrogens is 388 g/mol. The molecule has 0 radical (unpaired) electrons. The zero-order valence-electron chi connectivity index (χ0n) is 14.4. The minimum Gasteiger partial charge on any atom is -0.481 e. The van der Waals surface area contributed by atoms with Gasteiger partial charge in [-0.15, -0.1) is 0 Å².